The molecule has 1 fully saturated rings. The van der Waals surface area contributed by atoms with Crippen LogP contribution >= 0.6 is 0 Å². The zero-order valence-electron chi connectivity index (χ0n) is 13.1. The smallest absolute Gasteiger partial charge is 0.262 e. The van der Waals surface area contributed by atoms with Crippen LogP contribution in [0.4, 0.5) is 4.39 Å². The van der Waals surface area contributed by atoms with Gasteiger partial charge in [0.1, 0.15) is 29.0 Å². The fourth-order valence-corrected chi connectivity index (χ4v) is 2.85. The number of hydrogen-bond acceptors (Lipinski definition) is 3. The summed E-state index contributed by atoms with van der Waals surface area (Å²) < 4.78 is 18.9. The monoisotopic (exact) mass is 324 g/mol. The van der Waals surface area contributed by atoms with Gasteiger partial charge in [-0.25, -0.2) is 4.39 Å². The average molecular weight is 324 g/mol. The SMILES string of the molecule is N#C/C(=C/c1ccc(-c2cccc(F)c2)o1)C(=O)NC1CCCC1. The highest BCUT2D eigenvalue weighted by atomic mass is 19.1. The molecule has 24 heavy (non-hydrogen) atoms. The zero-order valence-corrected chi connectivity index (χ0v) is 13.1. The molecule has 2 aromatic rings. The van der Waals surface area contributed by atoms with Gasteiger partial charge in [-0.2, -0.15) is 5.26 Å². The molecule has 4 nitrogen and oxygen atoms in total. The molecular formula is C19H17FN2O2. The van der Waals surface area contributed by atoms with Gasteiger partial charge in [0, 0.05) is 17.7 Å². The maximum atomic E-state index is 13.3. The maximum absolute atomic E-state index is 13.3. The van der Waals surface area contributed by atoms with Gasteiger partial charge < -0.3 is 9.73 Å². The number of rotatable bonds is 4. The second-order valence-electron chi connectivity index (χ2n) is 5.84. The number of nitrogens with zero attached hydrogens (tertiary/aromatic N) is 1. The third kappa shape index (κ3) is 3.72. The molecule has 122 valence electrons. The Bertz CT molecular complexity index is 811. The molecular weight excluding hydrogens is 307 g/mol. The molecule has 0 saturated heterocycles. The summed E-state index contributed by atoms with van der Waals surface area (Å²) in [5.74, 6) is 0.129. The van der Waals surface area contributed by atoms with E-state index in [0.717, 1.165) is 25.7 Å². The van der Waals surface area contributed by atoms with Crippen molar-refractivity contribution in [3.63, 3.8) is 0 Å². The van der Waals surface area contributed by atoms with E-state index < -0.39 is 0 Å². The lowest BCUT2D eigenvalue weighted by Gasteiger charge is -2.10. The van der Waals surface area contributed by atoms with Gasteiger partial charge in [0.2, 0.25) is 0 Å². The largest absolute Gasteiger partial charge is 0.457 e. The van der Waals surface area contributed by atoms with Gasteiger partial charge >= 0.3 is 0 Å². The fraction of sp³-hybridized carbons (Fsp3) is 0.263. The van der Waals surface area contributed by atoms with Crippen molar-refractivity contribution in [3.05, 3.63) is 53.5 Å². The minimum Gasteiger partial charge on any atom is -0.457 e. The lowest BCUT2D eigenvalue weighted by molar-refractivity contribution is -0.117. The summed E-state index contributed by atoms with van der Waals surface area (Å²) in [5, 5.41) is 12.1. The first kappa shape index (κ1) is 16.0. The van der Waals surface area contributed by atoms with E-state index in [0.29, 0.717) is 17.1 Å². The highest BCUT2D eigenvalue weighted by Crippen LogP contribution is 2.24. The first-order chi connectivity index (χ1) is 11.7. The van der Waals surface area contributed by atoms with E-state index in [2.05, 4.69) is 5.32 Å². The number of benzene rings is 1. The molecule has 1 amide bonds. The third-order valence-electron chi connectivity index (χ3n) is 4.08. The Hall–Kier alpha value is -2.87. The van der Waals surface area contributed by atoms with Gasteiger partial charge in [-0.1, -0.05) is 25.0 Å². The number of halogens is 1. The van der Waals surface area contributed by atoms with Gasteiger partial charge in [0.15, 0.2) is 0 Å². The number of carbonyl (C=O) groups is 1. The first-order valence-electron chi connectivity index (χ1n) is 7.94. The fourth-order valence-electron chi connectivity index (χ4n) is 2.85. The summed E-state index contributed by atoms with van der Waals surface area (Å²) in [6.07, 6.45) is 5.52. The molecule has 5 heteroatoms. The Morgan fingerprint density at radius 2 is 2.08 bits per heavy atom. The van der Waals surface area contributed by atoms with E-state index in [4.69, 9.17) is 4.42 Å². The summed E-state index contributed by atoms with van der Waals surface area (Å²) in [6.45, 7) is 0. The number of furan rings is 1. The van der Waals surface area contributed by atoms with E-state index in [1.807, 2.05) is 6.07 Å². The van der Waals surface area contributed by atoms with E-state index in [1.165, 1.54) is 18.2 Å². The first-order valence-corrected chi connectivity index (χ1v) is 7.94. The molecule has 1 N–H and O–H groups in total. The quantitative estimate of drug-likeness (QED) is 0.681. The van der Waals surface area contributed by atoms with E-state index >= 15 is 0 Å². The zero-order chi connectivity index (χ0) is 16.9. The van der Waals surface area contributed by atoms with Crippen LogP contribution in [0.1, 0.15) is 31.4 Å². The molecule has 1 aliphatic carbocycles. The summed E-state index contributed by atoms with van der Waals surface area (Å²) in [7, 11) is 0. The van der Waals surface area contributed by atoms with Crippen molar-refractivity contribution in [2.75, 3.05) is 0 Å². The molecule has 0 spiro atoms. The average Bonchev–Trinajstić information content (AvgIpc) is 3.24. The van der Waals surface area contributed by atoms with Crippen LogP contribution < -0.4 is 5.32 Å². The van der Waals surface area contributed by atoms with E-state index in [-0.39, 0.29) is 23.3 Å². The van der Waals surface area contributed by atoms with Crippen LogP contribution in [0.25, 0.3) is 17.4 Å². The number of carbonyl (C=O) groups excluding carboxylic acids is 1. The molecule has 0 radical (unpaired) electrons. The molecule has 1 saturated carbocycles. The van der Waals surface area contributed by atoms with Gasteiger partial charge in [-0.3, -0.25) is 4.79 Å². The van der Waals surface area contributed by atoms with Crippen LogP contribution in [0.15, 0.2) is 46.4 Å². The normalized spacial score (nSPS) is 15.2. The van der Waals surface area contributed by atoms with Gasteiger partial charge in [0.05, 0.1) is 0 Å². The summed E-state index contributed by atoms with van der Waals surface area (Å²) in [6, 6.07) is 11.4. The second kappa shape index (κ2) is 7.14. The van der Waals surface area contributed by atoms with Crippen LogP contribution in [0.2, 0.25) is 0 Å². The van der Waals surface area contributed by atoms with Crippen molar-refractivity contribution < 1.29 is 13.6 Å². The predicted octanol–water partition coefficient (Wildman–Crippen LogP) is 4.05. The van der Waals surface area contributed by atoms with Gasteiger partial charge in [-0.05, 0) is 37.1 Å². The number of nitriles is 1. The molecule has 1 aromatic carbocycles. The van der Waals surface area contributed by atoms with Crippen molar-refractivity contribution in [1.82, 2.24) is 5.32 Å². The standard InChI is InChI=1S/C19H17FN2O2/c20-15-5-3-4-13(10-15)18-9-8-17(24-18)11-14(12-21)19(23)22-16-6-1-2-7-16/h3-5,8-11,16H,1-2,6-7H2,(H,22,23)/b14-11-. The number of hydrogen-bond donors (Lipinski definition) is 1. The number of nitrogens with one attached hydrogen (secondary N) is 1. The minimum absolute atomic E-state index is 0.00189. The Morgan fingerprint density at radius 1 is 1.29 bits per heavy atom. The highest BCUT2D eigenvalue weighted by Gasteiger charge is 2.19. The van der Waals surface area contributed by atoms with E-state index in [1.54, 1.807) is 24.3 Å². The summed E-state index contributed by atoms with van der Waals surface area (Å²) in [5.41, 5.74) is 0.602. The van der Waals surface area contributed by atoms with Gasteiger partial charge in [-0.15, -0.1) is 0 Å². The van der Waals surface area contributed by atoms with Crippen molar-refractivity contribution in [3.8, 4) is 17.4 Å². The lowest BCUT2D eigenvalue weighted by Crippen LogP contribution is -2.33. The van der Waals surface area contributed by atoms with Crippen LogP contribution in [0.3, 0.4) is 0 Å². The molecule has 0 unspecified atom stereocenters. The minimum atomic E-state index is -0.381. The van der Waals surface area contributed by atoms with Crippen molar-refractivity contribution >= 4 is 12.0 Å². The predicted molar refractivity (Wildman–Crippen MR) is 88.1 cm³/mol. The van der Waals surface area contributed by atoms with Crippen LogP contribution in [0.5, 0.6) is 0 Å². The number of amides is 1. The van der Waals surface area contributed by atoms with Crippen molar-refractivity contribution in [2.45, 2.75) is 31.7 Å². The molecule has 1 aromatic heterocycles. The van der Waals surface area contributed by atoms with Crippen molar-refractivity contribution in [1.29, 1.82) is 5.26 Å². The Kier molecular flexibility index (Phi) is 4.76. The molecule has 0 atom stereocenters. The Balaban J connectivity index is 1.76. The third-order valence-corrected chi connectivity index (χ3v) is 4.08. The summed E-state index contributed by atoms with van der Waals surface area (Å²) in [4.78, 5) is 12.2. The van der Waals surface area contributed by atoms with Crippen LogP contribution in [-0.4, -0.2) is 11.9 Å². The topological polar surface area (TPSA) is 66.0 Å². The molecule has 1 heterocycles. The molecule has 0 bridgehead atoms. The Labute approximate surface area is 139 Å². The summed E-state index contributed by atoms with van der Waals surface area (Å²) >= 11 is 0. The van der Waals surface area contributed by atoms with E-state index in [9.17, 15) is 14.4 Å². The van der Waals surface area contributed by atoms with Gasteiger partial charge in [0.25, 0.3) is 5.91 Å². The maximum Gasteiger partial charge on any atom is 0.262 e. The van der Waals surface area contributed by atoms with Crippen LogP contribution in [-0.2, 0) is 4.79 Å². The molecule has 3 rings (SSSR count). The molecule has 0 aliphatic heterocycles. The van der Waals surface area contributed by atoms with Crippen LogP contribution in [0, 0.1) is 17.1 Å². The highest BCUT2D eigenvalue weighted by molar-refractivity contribution is 6.01. The Morgan fingerprint density at radius 3 is 2.79 bits per heavy atom. The van der Waals surface area contributed by atoms with Crippen molar-refractivity contribution in [2.24, 2.45) is 0 Å². The lowest BCUT2D eigenvalue weighted by atomic mass is 10.2. The second-order valence-corrected chi connectivity index (χ2v) is 5.84. The molecule has 1 aliphatic rings.